The minimum absolute atomic E-state index is 0.0487. The van der Waals surface area contributed by atoms with Gasteiger partial charge in [-0.05, 0) is 12.8 Å². The standard InChI is InChI=1S/C46H90O2S/c1-5-9-11-13-15-17-19-21-23-25-27-29-31-33-35-37-40-46(43-45(48)8-4,49-42-39-44(47)7-3)41-38-36-34-32-30-28-26-24-22-20-18-16-14-12-10-6-2/h5-43H2,1-4H3. The molecule has 49 heavy (non-hydrogen) atoms. The second-order valence-electron chi connectivity index (χ2n) is 15.8. The Morgan fingerprint density at radius 2 is 0.633 bits per heavy atom. The molecule has 0 rings (SSSR count). The van der Waals surface area contributed by atoms with Crippen LogP contribution < -0.4 is 0 Å². The Morgan fingerprint density at radius 1 is 0.367 bits per heavy atom. The van der Waals surface area contributed by atoms with Gasteiger partial charge in [0, 0.05) is 36.2 Å². The van der Waals surface area contributed by atoms with Crippen LogP contribution in [0.25, 0.3) is 0 Å². The zero-order valence-electron chi connectivity index (χ0n) is 34.3. The molecular formula is C46H90O2S. The molecule has 0 radical (unpaired) electrons. The highest BCUT2D eigenvalue weighted by Gasteiger charge is 2.32. The molecule has 0 aromatic heterocycles. The van der Waals surface area contributed by atoms with Gasteiger partial charge in [0.1, 0.15) is 11.6 Å². The summed E-state index contributed by atoms with van der Waals surface area (Å²) in [4.78, 5) is 25.0. The number of ketones is 2. The molecule has 0 N–H and O–H groups in total. The van der Waals surface area contributed by atoms with Gasteiger partial charge < -0.3 is 0 Å². The Hall–Kier alpha value is -0.310. The lowest BCUT2D eigenvalue weighted by molar-refractivity contribution is -0.119. The summed E-state index contributed by atoms with van der Waals surface area (Å²) in [5.41, 5.74) is 0. The van der Waals surface area contributed by atoms with E-state index < -0.39 is 0 Å². The average Bonchev–Trinajstić information content (AvgIpc) is 3.11. The summed E-state index contributed by atoms with van der Waals surface area (Å²) in [7, 11) is 0. The van der Waals surface area contributed by atoms with Crippen molar-refractivity contribution in [1.29, 1.82) is 0 Å². The van der Waals surface area contributed by atoms with Gasteiger partial charge in [0.2, 0.25) is 0 Å². The molecule has 3 heteroatoms. The van der Waals surface area contributed by atoms with Crippen LogP contribution in [-0.2, 0) is 9.59 Å². The Kier molecular flexibility index (Phi) is 38.7. The zero-order chi connectivity index (χ0) is 35.9. The molecule has 0 unspecified atom stereocenters. The molecule has 0 bridgehead atoms. The first kappa shape index (κ1) is 48.7. The van der Waals surface area contributed by atoms with Crippen molar-refractivity contribution in [3.8, 4) is 0 Å². The highest BCUT2D eigenvalue weighted by Crippen LogP contribution is 2.41. The molecule has 0 fully saturated rings. The number of hydrogen-bond acceptors (Lipinski definition) is 3. The van der Waals surface area contributed by atoms with Crippen LogP contribution in [-0.4, -0.2) is 22.1 Å². The van der Waals surface area contributed by atoms with Crippen LogP contribution in [0.3, 0.4) is 0 Å². The fourth-order valence-corrected chi connectivity index (χ4v) is 9.13. The van der Waals surface area contributed by atoms with Gasteiger partial charge in [-0.25, -0.2) is 0 Å². The number of hydrogen-bond donors (Lipinski definition) is 0. The smallest absolute Gasteiger partial charge is 0.134 e. The third-order valence-corrected chi connectivity index (χ3v) is 12.6. The van der Waals surface area contributed by atoms with Crippen molar-refractivity contribution in [2.24, 2.45) is 0 Å². The molecule has 0 amide bonds. The van der Waals surface area contributed by atoms with Crippen molar-refractivity contribution in [3.05, 3.63) is 0 Å². The molecule has 0 aromatic rings. The van der Waals surface area contributed by atoms with E-state index in [4.69, 9.17) is 0 Å². The Labute approximate surface area is 314 Å². The normalized spacial score (nSPS) is 11.8. The van der Waals surface area contributed by atoms with Gasteiger partial charge in [-0.2, -0.15) is 11.8 Å². The largest absolute Gasteiger partial charge is 0.300 e. The number of carbonyl (C=O) groups is 2. The summed E-state index contributed by atoms with van der Waals surface area (Å²) < 4.78 is 0.0487. The molecule has 0 aliphatic rings. The third-order valence-electron chi connectivity index (χ3n) is 11.1. The molecule has 0 aliphatic heterocycles. The van der Waals surface area contributed by atoms with Crippen molar-refractivity contribution in [1.82, 2.24) is 0 Å². The third kappa shape index (κ3) is 34.5. The van der Waals surface area contributed by atoms with E-state index >= 15 is 0 Å². The quantitative estimate of drug-likeness (QED) is 0.0593. The minimum Gasteiger partial charge on any atom is -0.300 e. The molecule has 0 aromatic carbocycles. The highest BCUT2D eigenvalue weighted by atomic mass is 32.2. The van der Waals surface area contributed by atoms with Crippen LogP contribution in [0, 0.1) is 0 Å². The lowest BCUT2D eigenvalue weighted by Crippen LogP contribution is -2.29. The van der Waals surface area contributed by atoms with Crippen LogP contribution in [0.2, 0.25) is 0 Å². The summed E-state index contributed by atoms with van der Waals surface area (Å²) in [5, 5.41) is 0. The predicted octanol–water partition coefficient (Wildman–Crippen LogP) is 16.5. The van der Waals surface area contributed by atoms with E-state index in [2.05, 4.69) is 13.8 Å². The summed E-state index contributed by atoms with van der Waals surface area (Å²) in [5.74, 6) is 1.68. The van der Waals surface area contributed by atoms with Crippen LogP contribution in [0.4, 0.5) is 0 Å². The molecule has 2 nitrogen and oxygen atoms in total. The van der Waals surface area contributed by atoms with Gasteiger partial charge in [-0.1, -0.05) is 233 Å². The molecule has 292 valence electrons. The number of carbonyl (C=O) groups excluding carboxylic acids is 2. The fourth-order valence-electron chi connectivity index (χ4n) is 7.53. The number of unbranched alkanes of at least 4 members (excludes halogenated alkanes) is 30. The van der Waals surface area contributed by atoms with E-state index in [1.165, 1.54) is 205 Å². The maximum absolute atomic E-state index is 12.8. The maximum Gasteiger partial charge on any atom is 0.134 e. The summed E-state index contributed by atoms with van der Waals surface area (Å²) in [6, 6.07) is 0. The zero-order valence-corrected chi connectivity index (χ0v) is 35.1. The molecule has 0 saturated heterocycles. The Bertz CT molecular complexity index is 653. The summed E-state index contributed by atoms with van der Waals surface area (Å²) in [6.07, 6.45) is 49.6. The molecule has 0 aliphatic carbocycles. The van der Waals surface area contributed by atoms with E-state index in [-0.39, 0.29) is 4.75 Å². The van der Waals surface area contributed by atoms with Crippen molar-refractivity contribution < 1.29 is 9.59 Å². The van der Waals surface area contributed by atoms with Crippen LogP contribution in [0.5, 0.6) is 0 Å². The monoisotopic (exact) mass is 707 g/mol. The Balaban J connectivity index is 4.31. The van der Waals surface area contributed by atoms with Gasteiger partial charge in [-0.15, -0.1) is 0 Å². The van der Waals surface area contributed by atoms with E-state index in [0.29, 0.717) is 37.2 Å². The summed E-state index contributed by atoms with van der Waals surface area (Å²) >= 11 is 1.99. The molecule has 0 heterocycles. The first-order valence-electron chi connectivity index (χ1n) is 22.7. The van der Waals surface area contributed by atoms with Crippen molar-refractivity contribution in [2.45, 2.75) is 276 Å². The van der Waals surface area contributed by atoms with Crippen LogP contribution in [0.15, 0.2) is 0 Å². The van der Waals surface area contributed by atoms with Gasteiger partial charge in [0.05, 0.1) is 0 Å². The molecular weight excluding hydrogens is 617 g/mol. The van der Waals surface area contributed by atoms with E-state index in [1.807, 2.05) is 25.6 Å². The van der Waals surface area contributed by atoms with Gasteiger partial charge in [0.15, 0.2) is 0 Å². The highest BCUT2D eigenvalue weighted by molar-refractivity contribution is 8.00. The first-order valence-corrected chi connectivity index (χ1v) is 23.7. The average molecular weight is 707 g/mol. The molecule has 0 spiro atoms. The Morgan fingerprint density at radius 3 is 0.898 bits per heavy atom. The second-order valence-corrected chi connectivity index (χ2v) is 17.4. The van der Waals surface area contributed by atoms with Crippen LogP contribution >= 0.6 is 11.8 Å². The van der Waals surface area contributed by atoms with E-state index in [9.17, 15) is 9.59 Å². The second kappa shape index (κ2) is 38.9. The van der Waals surface area contributed by atoms with Gasteiger partial charge >= 0.3 is 0 Å². The number of Topliss-reactive ketones (excluding diaryl/α,β-unsaturated/α-hetero) is 2. The minimum atomic E-state index is 0.0487. The fraction of sp³-hybridized carbons (Fsp3) is 0.957. The van der Waals surface area contributed by atoms with Crippen molar-refractivity contribution in [2.75, 3.05) is 5.75 Å². The lowest BCUT2D eigenvalue weighted by Gasteiger charge is -2.33. The van der Waals surface area contributed by atoms with Gasteiger partial charge in [-0.3, -0.25) is 9.59 Å². The lowest BCUT2D eigenvalue weighted by atomic mass is 9.88. The van der Waals surface area contributed by atoms with Crippen molar-refractivity contribution in [3.63, 3.8) is 0 Å². The predicted molar refractivity (Wildman–Crippen MR) is 223 cm³/mol. The number of thioether (sulfide) groups is 1. The SMILES string of the molecule is CCCCCCCCCCCCCCCCCCC(CCCCCCCCCCCCCCCCCC)(CC(=O)CC)SCCC(=O)CC. The molecule has 0 atom stereocenters. The number of rotatable bonds is 42. The van der Waals surface area contributed by atoms with Crippen LogP contribution in [0.1, 0.15) is 272 Å². The first-order chi connectivity index (χ1) is 24.0. The maximum atomic E-state index is 12.8. The van der Waals surface area contributed by atoms with E-state index in [0.717, 1.165) is 18.6 Å². The van der Waals surface area contributed by atoms with E-state index in [1.54, 1.807) is 0 Å². The molecule has 0 saturated carbocycles. The van der Waals surface area contributed by atoms with Crippen molar-refractivity contribution >= 4 is 23.3 Å². The summed E-state index contributed by atoms with van der Waals surface area (Å²) in [6.45, 7) is 8.60. The topological polar surface area (TPSA) is 34.1 Å². The van der Waals surface area contributed by atoms with Gasteiger partial charge in [0.25, 0.3) is 0 Å².